The van der Waals surface area contributed by atoms with Gasteiger partial charge in [-0.05, 0) is 42.8 Å². The first-order valence-corrected chi connectivity index (χ1v) is 7.93. The maximum atomic E-state index is 5.85. The van der Waals surface area contributed by atoms with Crippen LogP contribution in [0.15, 0.2) is 84.9 Å². The lowest BCUT2D eigenvalue weighted by molar-refractivity contribution is 0.718. The number of para-hydroxylation sites is 1. The Morgan fingerprint density at radius 2 is 1.50 bits per heavy atom. The summed E-state index contributed by atoms with van der Waals surface area (Å²) < 4.78 is 0. The summed E-state index contributed by atoms with van der Waals surface area (Å²) in [5.74, 6) is 6.64. The number of hydrogen-bond donors (Lipinski definition) is 2. The molecule has 3 aromatic rings. The van der Waals surface area contributed by atoms with Gasteiger partial charge in [0.1, 0.15) is 5.54 Å². The Bertz CT molecular complexity index is 860. The number of nitrogen functional groups attached to an aromatic ring is 1. The lowest BCUT2D eigenvalue weighted by Crippen LogP contribution is -2.30. The Labute approximate surface area is 143 Å². The zero-order valence-corrected chi connectivity index (χ0v) is 13.7. The largest absolute Gasteiger partial charge is 0.399 e. The average molecular weight is 312 g/mol. The molecule has 118 valence electrons. The van der Waals surface area contributed by atoms with Gasteiger partial charge in [0, 0.05) is 16.9 Å². The third kappa shape index (κ3) is 3.77. The minimum Gasteiger partial charge on any atom is -0.399 e. The van der Waals surface area contributed by atoms with Crippen LogP contribution in [0.5, 0.6) is 0 Å². The summed E-state index contributed by atoms with van der Waals surface area (Å²) >= 11 is 0. The van der Waals surface area contributed by atoms with Crippen LogP contribution in [0.3, 0.4) is 0 Å². The predicted octanol–water partition coefficient (Wildman–Crippen LogP) is 4.65. The van der Waals surface area contributed by atoms with Crippen LogP contribution in [0.4, 0.5) is 11.4 Å². The van der Waals surface area contributed by atoms with E-state index in [1.165, 1.54) is 0 Å². The third-order valence-electron chi connectivity index (χ3n) is 3.86. The maximum Gasteiger partial charge on any atom is 0.122 e. The van der Waals surface area contributed by atoms with Crippen molar-refractivity contribution in [3.8, 4) is 11.8 Å². The number of anilines is 2. The van der Waals surface area contributed by atoms with Crippen molar-refractivity contribution in [1.82, 2.24) is 0 Å². The first kappa shape index (κ1) is 15.7. The number of nitrogens with two attached hydrogens (primary N) is 1. The lowest BCUT2D eigenvalue weighted by atomic mass is 9.91. The Morgan fingerprint density at radius 1 is 0.833 bits per heavy atom. The molecule has 1 atom stereocenters. The van der Waals surface area contributed by atoms with E-state index in [9.17, 15) is 0 Å². The SMILES string of the molecule is CC(C#Cc1cccc(N)c1)(Nc1ccccc1)c1ccccc1. The van der Waals surface area contributed by atoms with Crippen molar-refractivity contribution in [3.05, 3.63) is 96.1 Å². The fourth-order valence-electron chi connectivity index (χ4n) is 2.57. The van der Waals surface area contributed by atoms with E-state index in [2.05, 4.69) is 36.2 Å². The molecule has 0 saturated heterocycles. The summed E-state index contributed by atoms with van der Waals surface area (Å²) in [6.45, 7) is 2.09. The first-order chi connectivity index (χ1) is 11.7. The van der Waals surface area contributed by atoms with E-state index in [0.717, 1.165) is 22.5 Å². The molecule has 0 amide bonds. The average Bonchev–Trinajstić information content (AvgIpc) is 2.62. The van der Waals surface area contributed by atoms with Crippen molar-refractivity contribution in [2.45, 2.75) is 12.5 Å². The predicted molar refractivity (Wildman–Crippen MR) is 102 cm³/mol. The molecule has 2 nitrogen and oxygen atoms in total. The molecule has 3 N–H and O–H groups in total. The van der Waals surface area contributed by atoms with Crippen molar-refractivity contribution >= 4 is 11.4 Å². The molecular weight excluding hydrogens is 292 g/mol. The minimum absolute atomic E-state index is 0.507. The van der Waals surface area contributed by atoms with Crippen LogP contribution in [-0.2, 0) is 5.54 Å². The normalized spacial score (nSPS) is 12.5. The number of rotatable bonds is 3. The molecule has 0 fully saturated rings. The van der Waals surface area contributed by atoms with Gasteiger partial charge in [0.2, 0.25) is 0 Å². The monoisotopic (exact) mass is 312 g/mol. The Balaban J connectivity index is 2.00. The summed E-state index contributed by atoms with van der Waals surface area (Å²) in [5, 5.41) is 3.55. The summed E-state index contributed by atoms with van der Waals surface area (Å²) in [7, 11) is 0. The smallest absolute Gasteiger partial charge is 0.122 e. The van der Waals surface area contributed by atoms with Gasteiger partial charge in [-0.2, -0.15) is 0 Å². The second-order valence-electron chi connectivity index (χ2n) is 5.86. The molecule has 0 heterocycles. The van der Waals surface area contributed by atoms with Gasteiger partial charge in [-0.3, -0.25) is 0 Å². The first-order valence-electron chi connectivity index (χ1n) is 7.93. The molecule has 3 rings (SSSR count). The van der Waals surface area contributed by atoms with Crippen LogP contribution < -0.4 is 11.1 Å². The van der Waals surface area contributed by atoms with Gasteiger partial charge in [-0.25, -0.2) is 0 Å². The Kier molecular flexibility index (Phi) is 4.54. The molecule has 0 aliphatic heterocycles. The van der Waals surface area contributed by atoms with E-state index in [-0.39, 0.29) is 0 Å². The van der Waals surface area contributed by atoms with Gasteiger partial charge in [0.25, 0.3) is 0 Å². The zero-order chi connectivity index (χ0) is 16.8. The van der Waals surface area contributed by atoms with Gasteiger partial charge in [-0.1, -0.05) is 66.4 Å². The van der Waals surface area contributed by atoms with Crippen LogP contribution in [0, 0.1) is 11.8 Å². The molecule has 0 aliphatic carbocycles. The van der Waals surface area contributed by atoms with Crippen LogP contribution in [-0.4, -0.2) is 0 Å². The van der Waals surface area contributed by atoms with Crippen molar-refractivity contribution in [3.63, 3.8) is 0 Å². The quantitative estimate of drug-likeness (QED) is 0.546. The summed E-state index contributed by atoms with van der Waals surface area (Å²) in [4.78, 5) is 0. The van der Waals surface area contributed by atoms with Crippen LogP contribution in [0.2, 0.25) is 0 Å². The fourth-order valence-corrected chi connectivity index (χ4v) is 2.57. The van der Waals surface area contributed by atoms with Crippen LogP contribution >= 0.6 is 0 Å². The highest BCUT2D eigenvalue weighted by molar-refractivity contribution is 5.54. The zero-order valence-electron chi connectivity index (χ0n) is 13.7. The van der Waals surface area contributed by atoms with Gasteiger partial charge < -0.3 is 11.1 Å². The van der Waals surface area contributed by atoms with Gasteiger partial charge >= 0.3 is 0 Å². The Morgan fingerprint density at radius 3 is 2.17 bits per heavy atom. The molecular formula is C22H20N2. The highest BCUT2D eigenvalue weighted by atomic mass is 15.0. The second-order valence-corrected chi connectivity index (χ2v) is 5.86. The van der Waals surface area contributed by atoms with Crippen molar-refractivity contribution < 1.29 is 0 Å². The second kappa shape index (κ2) is 6.93. The van der Waals surface area contributed by atoms with E-state index >= 15 is 0 Å². The van der Waals surface area contributed by atoms with Gasteiger partial charge in [-0.15, -0.1) is 0 Å². The number of benzene rings is 3. The maximum absolute atomic E-state index is 5.85. The van der Waals surface area contributed by atoms with Crippen LogP contribution in [0.1, 0.15) is 18.1 Å². The van der Waals surface area contributed by atoms with E-state index < -0.39 is 5.54 Å². The van der Waals surface area contributed by atoms with Gasteiger partial charge in [0.05, 0.1) is 0 Å². The molecule has 3 aromatic carbocycles. The number of hydrogen-bond acceptors (Lipinski definition) is 2. The van der Waals surface area contributed by atoms with E-state index in [4.69, 9.17) is 5.73 Å². The molecule has 2 heteroatoms. The standard InChI is InChI=1S/C22H20N2/c1-22(19-10-4-2-5-11-19,24-21-13-6-3-7-14-21)16-15-18-9-8-12-20(23)17-18/h2-14,17,24H,23H2,1H3. The van der Waals surface area contributed by atoms with Crippen molar-refractivity contribution in [2.75, 3.05) is 11.1 Å². The van der Waals surface area contributed by atoms with Crippen molar-refractivity contribution in [2.24, 2.45) is 0 Å². The van der Waals surface area contributed by atoms with Crippen LogP contribution in [0.25, 0.3) is 0 Å². The molecule has 0 aromatic heterocycles. The minimum atomic E-state index is -0.507. The Hall–Kier alpha value is -3.18. The summed E-state index contributed by atoms with van der Waals surface area (Å²) in [6, 6.07) is 28.0. The highest BCUT2D eigenvalue weighted by Gasteiger charge is 2.23. The molecule has 24 heavy (non-hydrogen) atoms. The van der Waals surface area contributed by atoms with Crippen molar-refractivity contribution in [1.29, 1.82) is 0 Å². The van der Waals surface area contributed by atoms with Gasteiger partial charge in [0.15, 0.2) is 0 Å². The topological polar surface area (TPSA) is 38.0 Å². The molecule has 0 radical (unpaired) electrons. The fraction of sp³-hybridized carbons (Fsp3) is 0.0909. The number of nitrogens with one attached hydrogen (secondary N) is 1. The summed E-state index contributed by atoms with van der Waals surface area (Å²) in [6.07, 6.45) is 0. The van der Waals surface area contributed by atoms with E-state index in [0.29, 0.717) is 0 Å². The lowest BCUT2D eigenvalue weighted by Gasteiger charge is -2.27. The molecule has 0 aliphatic rings. The van der Waals surface area contributed by atoms with E-state index in [1.54, 1.807) is 0 Å². The highest BCUT2D eigenvalue weighted by Crippen LogP contribution is 2.25. The third-order valence-corrected chi connectivity index (χ3v) is 3.86. The molecule has 0 saturated carbocycles. The molecule has 0 bridgehead atoms. The molecule has 1 unspecified atom stereocenters. The summed E-state index contributed by atoms with van der Waals surface area (Å²) in [5.41, 5.74) is 9.12. The van der Waals surface area contributed by atoms with E-state index in [1.807, 2.05) is 72.8 Å². The molecule has 0 spiro atoms.